The molecule has 208 valence electrons. The van der Waals surface area contributed by atoms with Crippen LogP contribution in [0.2, 0.25) is 0 Å². The van der Waals surface area contributed by atoms with Crippen LogP contribution in [0.5, 0.6) is 0 Å². The SMILES string of the molecule is O=C(NC(Cc1ccccc1)C(O)CN1CCCCCC12C(=O)Nc1ccccc12)OC1COC2OCCC12. The molecule has 6 rings (SSSR count). The van der Waals surface area contributed by atoms with Gasteiger partial charge in [-0.15, -0.1) is 0 Å². The molecule has 2 amide bonds. The van der Waals surface area contributed by atoms with Crippen molar-refractivity contribution in [3.8, 4) is 0 Å². The third-order valence-electron chi connectivity index (χ3n) is 8.72. The average molecular weight is 536 g/mol. The Morgan fingerprint density at radius 1 is 1.13 bits per heavy atom. The fraction of sp³-hybridized carbons (Fsp3) is 0.533. The maximum absolute atomic E-state index is 13.5. The molecule has 4 aliphatic heterocycles. The van der Waals surface area contributed by atoms with Gasteiger partial charge in [-0.05, 0) is 43.9 Å². The number of aliphatic hydroxyl groups excluding tert-OH is 1. The van der Waals surface area contributed by atoms with E-state index < -0.39 is 23.8 Å². The molecule has 6 atom stereocenters. The van der Waals surface area contributed by atoms with Crippen LogP contribution in [0, 0.1) is 5.92 Å². The van der Waals surface area contributed by atoms with Gasteiger partial charge in [-0.2, -0.15) is 0 Å². The van der Waals surface area contributed by atoms with Gasteiger partial charge in [0.25, 0.3) is 0 Å². The molecule has 2 aromatic rings. The molecule has 1 spiro atoms. The van der Waals surface area contributed by atoms with Crippen molar-refractivity contribution in [1.29, 1.82) is 0 Å². The van der Waals surface area contributed by atoms with Gasteiger partial charge >= 0.3 is 6.09 Å². The van der Waals surface area contributed by atoms with Crippen LogP contribution in [0.3, 0.4) is 0 Å². The van der Waals surface area contributed by atoms with E-state index in [4.69, 9.17) is 14.2 Å². The van der Waals surface area contributed by atoms with Gasteiger partial charge in [0, 0.05) is 17.8 Å². The number of hydrogen-bond acceptors (Lipinski definition) is 7. The molecule has 3 saturated heterocycles. The number of β-amino-alcohol motifs (C(OH)–C–C–N with tert-alkyl or cyclic N) is 1. The first kappa shape index (κ1) is 26.3. The molecule has 2 aromatic carbocycles. The molecule has 0 aliphatic carbocycles. The lowest BCUT2D eigenvalue weighted by molar-refractivity contribution is -0.129. The summed E-state index contributed by atoms with van der Waals surface area (Å²) < 4.78 is 16.9. The van der Waals surface area contributed by atoms with Crippen LogP contribution in [0.1, 0.15) is 43.2 Å². The van der Waals surface area contributed by atoms with Crippen molar-refractivity contribution in [2.75, 3.05) is 31.6 Å². The van der Waals surface area contributed by atoms with Crippen molar-refractivity contribution in [2.24, 2.45) is 5.92 Å². The highest BCUT2D eigenvalue weighted by molar-refractivity contribution is 6.05. The quantitative estimate of drug-likeness (QED) is 0.500. The third-order valence-corrected chi connectivity index (χ3v) is 8.72. The second kappa shape index (κ2) is 11.3. The molecule has 3 fully saturated rings. The highest BCUT2D eigenvalue weighted by Gasteiger charge is 2.52. The fourth-order valence-electron chi connectivity index (χ4n) is 6.69. The van der Waals surface area contributed by atoms with E-state index in [1.807, 2.05) is 54.6 Å². The molecule has 4 aliphatic rings. The predicted octanol–water partition coefficient (Wildman–Crippen LogP) is 3.17. The molecule has 0 aromatic heterocycles. The number of rotatable bonds is 7. The Labute approximate surface area is 228 Å². The summed E-state index contributed by atoms with van der Waals surface area (Å²) in [5.41, 5.74) is 1.96. The van der Waals surface area contributed by atoms with E-state index in [-0.39, 0.29) is 30.8 Å². The number of amides is 2. The van der Waals surface area contributed by atoms with Gasteiger partial charge in [0.15, 0.2) is 6.29 Å². The van der Waals surface area contributed by atoms with Gasteiger partial charge in [0.05, 0.1) is 31.3 Å². The van der Waals surface area contributed by atoms with Crippen LogP contribution in [-0.2, 0) is 31.0 Å². The molecular formula is C30H37N3O6. The number of hydrogen-bond donors (Lipinski definition) is 3. The van der Waals surface area contributed by atoms with Crippen molar-refractivity contribution >= 4 is 17.7 Å². The summed E-state index contributed by atoms with van der Waals surface area (Å²) in [7, 11) is 0. The van der Waals surface area contributed by atoms with E-state index >= 15 is 0 Å². The summed E-state index contributed by atoms with van der Waals surface area (Å²) in [5, 5.41) is 17.7. The van der Waals surface area contributed by atoms with E-state index in [0.717, 1.165) is 42.5 Å². The van der Waals surface area contributed by atoms with Crippen molar-refractivity contribution in [3.05, 3.63) is 65.7 Å². The van der Waals surface area contributed by atoms with Gasteiger partial charge in [0.2, 0.25) is 5.91 Å². The Morgan fingerprint density at radius 3 is 2.82 bits per heavy atom. The minimum Gasteiger partial charge on any atom is -0.443 e. The highest BCUT2D eigenvalue weighted by atomic mass is 16.7. The Morgan fingerprint density at radius 2 is 1.95 bits per heavy atom. The van der Waals surface area contributed by atoms with Crippen LogP contribution in [0.15, 0.2) is 54.6 Å². The molecule has 6 unspecified atom stereocenters. The lowest BCUT2D eigenvalue weighted by Crippen LogP contribution is -2.57. The Bertz CT molecular complexity index is 1180. The molecule has 0 radical (unpaired) electrons. The van der Waals surface area contributed by atoms with E-state index in [1.54, 1.807) is 0 Å². The molecule has 9 nitrogen and oxygen atoms in total. The topological polar surface area (TPSA) is 109 Å². The van der Waals surface area contributed by atoms with Crippen molar-refractivity contribution in [3.63, 3.8) is 0 Å². The largest absolute Gasteiger partial charge is 0.443 e. The first-order valence-electron chi connectivity index (χ1n) is 14.1. The monoisotopic (exact) mass is 535 g/mol. The Kier molecular flexibility index (Phi) is 7.57. The zero-order chi connectivity index (χ0) is 26.8. The van der Waals surface area contributed by atoms with Crippen LogP contribution < -0.4 is 10.6 Å². The van der Waals surface area contributed by atoms with Crippen LogP contribution in [0.25, 0.3) is 0 Å². The smallest absolute Gasteiger partial charge is 0.407 e. The third kappa shape index (κ3) is 5.16. The van der Waals surface area contributed by atoms with Gasteiger partial charge in [-0.1, -0.05) is 61.4 Å². The maximum atomic E-state index is 13.5. The van der Waals surface area contributed by atoms with Gasteiger partial charge in [-0.25, -0.2) is 4.79 Å². The highest BCUT2D eigenvalue weighted by Crippen LogP contribution is 2.45. The van der Waals surface area contributed by atoms with Crippen molar-refractivity contribution in [1.82, 2.24) is 10.2 Å². The molecule has 39 heavy (non-hydrogen) atoms. The fourth-order valence-corrected chi connectivity index (χ4v) is 6.69. The number of para-hydroxylation sites is 1. The van der Waals surface area contributed by atoms with Crippen LogP contribution >= 0.6 is 0 Å². The van der Waals surface area contributed by atoms with Crippen molar-refractivity contribution < 1.29 is 28.9 Å². The molecule has 9 heteroatoms. The van der Waals surface area contributed by atoms with E-state index in [9.17, 15) is 14.7 Å². The summed E-state index contributed by atoms with van der Waals surface area (Å²) in [6.07, 6.45) is 2.60. The van der Waals surface area contributed by atoms with Crippen LogP contribution in [-0.4, -0.2) is 72.8 Å². The molecular weight excluding hydrogens is 498 g/mol. The summed E-state index contributed by atoms with van der Waals surface area (Å²) in [6.45, 7) is 1.83. The average Bonchev–Trinajstić information content (AvgIpc) is 3.58. The van der Waals surface area contributed by atoms with Gasteiger partial charge < -0.3 is 30.0 Å². The first-order chi connectivity index (χ1) is 19.0. The number of carbonyl (C=O) groups excluding carboxylic acids is 2. The molecule has 4 heterocycles. The van der Waals surface area contributed by atoms with E-state index in [0.29, 0.717) is 32.6 Å². The Hall–Kier alpha value is -2.98. The summed E-state index contributed by atoms with van der Waals surface area (Å²) in [6, 6.07) is 17.0. The van der Waals surface area contributed by atoms with Crippen molar-refractivity contribution in [2.45, 2.75) is 68.6 Å². The number of alkyl carbamates (subject to hydrolysis) is 1. The Balaban J connectivity index is 1.21. The number of fused-ring (bicyclic) bond motifs is 3. The number of aliphatic hydroxyl groups is 1. The number of benzene rings is 2. The number of anilines is 1. The van der Waals surface area contributed by atoms with E-state index in [1.165, 1.54) is 0 Å². The maximum Gasteiger partial charge on any atom is 0.407 e. The van der Waals surface area contributed by atoms with Crippen LogP contribution in [0.4, 0.5) is 10.5 Å². The zero-order valence-electron chi connectivity index (χ0n) is 22.1. The number of likely N-dealkylation sites (tertiary alicyclic amines) is 1. The van der Waals surface area contributed by atoms with E-state index in [2.05, 4.69) is 15.5 Å². The zero-order valence-corrected chi connectivity index (χ0v) is 22.1. The van der Waals surface area contributed by atoms with Gasteiger partial charge in [0.1, 0.15) is 11.6 Å². The number of nitrogens with one attached hydrogen (secondary N) is 2. The molecule has 0 bridgehead atoms. The number of ether oxygens (including phenoxy) is 3. The summed E-state index contributed by atoms with van der Waals surface area (Å²) >= 11 is 0. The standard InChI is InChI=1S/C30H37N3O6/c34-25(18-33-15-8-2-7-14-30(33)22-11-5-6-12-23(22)31-28(30)35)24(17-20-9-3-1-4-10-20)32-29(36)39-26-19-38-27-21(26)13-16-37-27/h1,3-6,9-12,21,24-27,34H,2,7-8,13-19H2,(H,31,35)(H,32,36). The normalized spacial score (nSPS) is 29.8. The molecule has 3 N–H and O–H groups in total. The lowest BCUT2D eigenvalue weighted by Gasteiger charge is -2.40. The lowest BCUT2D eigenvalue weighted by atomic mass is 9.84. The second-order valence-corrected chi connectivity index (χ2v) is 11.1. The first-order valence-corrected chi connectivity index (χ1v) is 14.1. The number of carbonyl (C=O) groups is 2. The number of nitrogens with zero attached hydrogens (tertiary/aromatic N) is 1. The predicted molar refractivity (Wildman–Crippen MR) is 144 cm³/mol. The summed E-state index contributed by atoms with van der Waals surface area (Å²) in [5.74, 6) is -0.00880. The molecule has 0 saturated carbocycles. The second-order valence-electron chi connectivity index (χ2n) is 11.1. The summed E-state index contributed by atoms with van der Waals surface area (Å²) in [4.78, 5) is 28.7. The minimum atomic E-state index is -0.935. The van der Waals surface area contributed by atoms with Gasteiger partial charge in [-0.3, -0.25) is 9.69 Å². The minimum absolute atomic E-state index is 0.0335.